The third kappa shape index (κ3) is 4.42. The standard InChI is InChI=1S/C30H36ClN3O5/c1-17(2)14-20(16-35)34-25(27(37)33-22-13-9-8-12-21(22)31)30-15-18(3)29(4,39-30)23(24(30)28(34)38)26(36)32-19-10-6-5-7-11-19/h5-13,17-18,20,23-25,35H,14-16H2,1-4H3,(H,32,36)(H,33,37)/t18?,20-,23-,24+,25?,29+,30?/m1/s1. The van der Waals surface area contributed by atoms with Crippen LogP contribution < -0.4 is 10.6 Å². The summed E-state index contributed by atoms with van der Waals surface area (Å²) in [6.07, 6.45) is 0.931. The van der Waals surface area contributed by atoms with Gasteiger partial charge >= 0.3 is 0 Å². The van der Waals surface area contributed by atoms with Crippen LogP contribution in [0.25, 0.3) is 0 Å². The highest BCUT2D eigenvalue weighted by atomic mass is 35.5. The van der Waals surface area contributed by atoms with Crippen molar-refractivity contribution in [1.29, 1.82) is 0 Å². The molecule has 0 radical (unpaired) electrons. The molecule has 3 N–H and O–H groups in total. The number of hydrogen-bond donors (Lipinski definition) is 3. The van der Waals surface area contributed by atoms with Crippen molar-refractivity contribution < 1.29 is 24.2 Å². The molecule has 3 heterocycles. The van der Waals surface area contributed by atoms with Gasteiger partial charge in [0.05, 0.1) is 40.8 Å². The molecule has 2 bridgehead atoms. The Balaban J connectivity index is 1.58. The zero-order valence-corrected chi connectivity index (χ0v) is 23.4. The number of carbonyl (C=O) groups excluding carboxylic acids is 3. The van der Waals surface area contributed by atoms with E-state index in [2.05, 4.69) is 10.6 Å². The van der Waals surface area contributed by atoms with Crippen LogP contribution >= 0.6 is 11.6 Å². The monoisotopic (exact) mass is 553 g/mol. The minimum atomic E-state index is -1.22. The second-order valence-electron chi connectivity index (χ2n) is 11.7. The predicted octanol–water partition coefficient (Wildman–Crippen LogP) is 4.33. The average Bonchev–Trinajstić information content (AvgIpc) is 3.41. The summed E-state index contributed by atoms with van der Waals surface area (Å²) in [7, 11) is 0. The maximum Gasteiger partial charge on any atom is 0.250 e. The van der Waals surface area contributed by atoms with E-state index in [-0.39, 0.29) is 30.3 Å². The quantitative estimate of drug-likeness (QED) is 0.451. The van der Waals surface area contributed by atoms with Gasteiger partial charge in [-0.25, -0.2) is 0 Å². The van der Waals surface area contributed by atoms with Crippen LogP contribution in [-0.4, -0.2) is 57.6 Å². The van der Waals surface area contributed by atoms with Crippen molar-refractivity contribution in [3.63, 3.8) is 0 Å². The van der Waals surface area contributed by atoms with E-state index in [0.717, 1.165) is 0 Å². The molecule has 9 heteroatoms. The minimum Gasteiger partial charge on any atom is -0.394 e. The fourth-order valence-electron chi connectivity index (χ4n) is 7.09. The van der Waals surface area contributed by atoms with Crippen LogP contribution in [0.1, 0.15) is 40.5 Å². The Hall–Kier alpha value is -2.94. The van der Waals surface area contributed by atoms with Gasteiger partial charge in [0.25, 0.3) is 0 Å². The summed E-state index contributed by atoms with van der Waals surface area (Å²) in [5, 5.41) is 16.7. The van der Waals surface area contributed by atoms with E-state index in [9.17, 15) is 19.5 Å². The molecule has 3 fully saturated rings. The molecule has 2 aromatic rings. The van der Waals surface area contributed by atoms with Crippen molar-refractivity contribution in [1.82, 2.24) is 4.90 Å². The second kappa shape index (κ2) is 10.2. The van der Waals surface area contributed by atoms with E-state index in [4.69, 9.17) is 16.3 Å². The van der Waals surface area contributed by atoms with Gasteiger partial charge in [-0.05, 0) is 55.9 Å². The summed E-state index contributed by atoms with van der Waals surface area (Å²) in [6, 6.07) is 14.4. The highest BCUT2D eigenvalue weighted by Gasteiger charge is 2.80. The van der Waals surface area contributed by atoms with Crippen molar-refractivity contribution in [2.24, 2.45) is 23.7 Å². The molecule has 2 aromatic carbocycles. The molecular formula is C30H36ClN3O5. The molecule has 3 unspecified atom stereocenters. The predicted molar refractivity (Wildman–Crippen MR) is 149 cm³/mol. The molecule has 0 aliphatic carbocycles. The molecule has 3 saturated heterocycles. The lowest BCUT2D eigenvalue weighted by atomic mass is 9.62. The van der Waals surface area contributed by atoms with Crippen LogP contribution in [0.3, 0.4) is 0 Å². The van der Waals surface area contributed by atoms with Gasteiger partial charge in [0.2, 0.25) is 17.7 Å². The van der Waals surface area contributed by atoms with Gasteiger partial charge in [0.1, 0.15) is 11.6 Å². The van der Waals surface area contributed by atoms with Gasteiger partial charge in [-0.3, -0.25) is 14.4 Å². The van der Waals surface area contributed by atoms with Crippen molar-refractivity contribution in [2.45, 2.75) is 63.8 Å². The number of ether oxygens (including phenoxy) is 1. The molecule has 3 aliphatic rings. The molecule has 1 spiro atoms. The zero-order valence-electron chi connectivity index (χ0n) is 22.7. The molecule has 39 heavy (non-hydrogen) atoms. The van der Waals surface area contributed by atoms with Crippen molar-refractivity contribution >= 4 is 40.7 Å². The molecule has 0 aromatic heterocycles. The Kier molecular flexibility index (Phi) is 7.24. The SMILES string of the molecule is CC(C)C[C@H](CO)N1C(=O)[C@@H]2[C@H](C(=O)Nc3ccccc3)[C@@]3(C)OC2(CC3C)C1C(=O)Nc1ccccc1Cl. The minimum absolute atomic E-state index is 0.0960. The summed E-state index contributed by atoms with van der Waals surface area (Å²) in [6.45, 7) is 7.57. The Morgan fingerprint density at radius 2 is 1.77 bits per heavy atom. The fraction of sp³-hybridized carbons (Fsp3) is 0.500. The van der Waals surface area contributed by atoms with Crippen molar-refractivity contribution in [2.75, 3.05) is 17.2 Å². The molecular weight excluding hydrogens is 518 g/mol. The van der Waals surface area contributed by atoms with Gasteiger partial charge < -0.3 is 25.4 Å². The molecule has 8 nitrogen and oxygen atoms in total. The maximum absolute atomic E-state index is 14.4. The first-order valence-corrected chi connectivity index (χ1v) is 14.0. The number of amides is 3. The van der Waals surface area contributed by atoms with Crippen LogP contribution in [0.15, 0.2) is 54.6 Å². The first-order valence-electron chi connectivity index (χ1n) is 13.6. The van der Waals surface area contributed by atoms with E-state index in [1.165, 1.54) is 4.90 Å². The lowest BCUT2D eigenvalue weighted by Crippen LogP contribution is -2.56. The second-order valence-corrected chi connectivity index (χ2v) is 12.1. The Morgan fingerprint density at radius 1 is 1.10 bits per heavy atom. The number of halogens is 1. The number of aliphatic hydroxyl groups excluding tert-OH is 1. The number of carbonyl (C=O) groups is 3. The van der Waals surface area contributed by atoms with Gasteiger partial charge in [-0.1, -0.05) is 62.7 Å². The summed E-state index contributed by atoms with van der Waals surface area (Å²) < 4.78 is 6.76. The number of para-hydroxylation sites is 2. The van der Waals surface area contributed by atoms with E-state index >= 15 is 0 Å². The number of aliphatic hydroxyl groups is 1. The number of likely N-dealkylation sites (tertiary alicyclic amines) is 1. The van der Waals surface area contributed by atoms with Crippen LogP contribution in [0.5, 0.6) is 0 Å². The number of nitrogens with zero attached hydrogens (tertiary/aromatic N) is 1. The van der Waals surface area contributed by atoms with Gasteiger partial charge in [-0.2, -0.15) is 0 Å². The molecule has 3 amide bonds. The van der Waals surface area contributed by atoms with E-state index in [0.29, 0.717) is 29.2 Å². The van der Waals surface area contributed by atoms with Gasteiger partial charge in [-0.15, -0.1) is 0 Å². The molecule has 0 saturated carbocycles. The normalized spacial score (nSPS) is 31.9. The van der Waals surface area contributed by atoms with Crippen LogP contribution in [0, 0.1) is 23.7 Å². The maximum atomic E-state index is 14.4. The summed E-state index contributed by atoms with van der Waals surface area (Å²) in [5.74, 6) is -2.71. The fourth-order valence-corrected chi connectivity index (χ4v) is 7.28. The lowest BCUT2D eigenvalue weighted by molar-refractivity contribution is -0.148. The third-order valence-electron chi connectivity index (χ3n) is 8.80. The number of fused-ring (bicyclic) bond motifs is 1. The largest absolute Gasteiger partial charge is 0.394 e. The van der Waals surface area contributed by atoms with Crippen LogP contribution in [0.2, 0.25) is 5.02 Å². The molecule has 208 valence electrons. The molecule has 3 aliphatic heterocycles. The first-order chi connectivity index (χ1) is 18.5. The zero-order chi connectivity index (χ0) is 28.1. The number of hydrogen-bond acceptors (Lipinski definition) is 5. The Morgan fingerprint density at radius 3 is 2.41 bits per heavy atom. The summed E-state index contributed by atoms with van der Waals surface area (Å²) >= 11 is 6.35. The van der Waals surface area contributed by atoms with Crippen LogP contribution in [0.4, 0.5) is 11.4 Å². The number of benzene rings is 2. The topological polar surface area (TPSA) is 108 Å². The summed E-state index contributed by atoms with van der Waals surface area (Å²) in [5.41, 5.74) is -1.12. The average molecular weight is 554 g/mol. The highest BCUT2D eigenvalue weighted by molar-refractivity contribution is 6.33. The molecule has 7 atom stereocenters. The number of nitrogens with one attached hydrogen (secondary N) is 2. The van der Waals surface area contributed by atoms with E-state index < -0.39 is 41.0 Å². The summed E-state index contributed by atoms with van der Waals surface area (Å²) in [4.78, 5) is 43.8. The third-order valence-corrected chi connectivity index (χ3v) is 9.13. The number of rotatable bonds is 8. The lowest BCUT2D eigenvalue weighted by Gasteiger charge is -2.37. The van der Waals surface area contributed by atoms with Gasteiger partial charge in [0.15, 0.2) is 0 Å². The Bertz CT molecular complexity index is 1270. The highest BCUT2D eigenvalue weighted by Crippen LogP contribution is 2.65. The van der Waals surface area contributed by atoms with Crippen molar-refractivity contribution in [3.8, 4) is 0 Å². The van der Waals surface area contributed by atoms with Crippen LogP contribution in [-0.2, 0) is 19.1 Å². The Labute approximate surface area is 234 Å². The first kappa shape index (κ1) is 27.6. The smallest absolute Gasteiger partial charge is 0.250 e. The van der Waals surface area contributed by atoms with Crippen molar-refractivity contribution in [3.05, 3.63) is 59.6 Å². The molecule has 5 rings (SSSR count). The van der Waals surface area contributed by atoms with E-state index in [1.807, 2.05) is 45.9 Å². The van der Waals surface area contributed by atoms with E-state index in [1.54, 1.807) is 36.4 Å². The van der Waals surface area contributed by atoms with Gasteiger partial charge in [0, 0.05) is 5.69 Å². The number of anilines is 2.